The Morgan fingerprint density at radius 1 is 1.15 bits per heavy atom. The van der Waals surface area contributed by atoms with E-state index in [4.69, 9.17) is 15.2 Å². The van der Waals surface area contributed by atoms with Crippen molar-refractivity contribution in [3.05, 3.63) is 23.8 Å². The van der Waals surface area contributed by atoms with E-state index in [1.165, 1.54) is 24.8 Å². The summed E-state index contributed by atoms with van der Waals surface area (Å²) in [6, 6.07) is 6.13. The van der Waals surface area contributed by atoms with Crippen molar-refractivity contribution in [2.24, 2.45) is 11.7 Å². The smallest absolute Gasteiger partial charge is 0.161 e. The zero-order valence-electron chi connectivity index (χ0n) is 12.7. The summed E-state index contributed by atoms with van der Waals surface area (Å²) < 4.78 is 11.6. The molecule has 1 aliphatic rings. The number of rotatable bonds is 6. The Balaban J connectivity index is 2.02. The van der Waals surface area contributed by atoms with Gasteiger partial charge in [0, 0.05) is 0 Å². The van der Waals surface area contributed by atoms with E-state index in [-0.39, 0.29) is 0 Å². The lowest BCUT2D eigenvalue weighted by Crippen LogP contribution is -2.24. The summed E-state index contributed by atoms with van der Waals surface area (Å²) in [5, 5.41) is 0. The molecule has 0 saturated heterocycles. The number of methoxy groups -OCH3 is 1. The maximum Gasteiger partial charge on any atom is 0.161 e. The van der Waals surface area contributed by atoms with Gasteiger partial charge in [0.1, 0.15) is 0 Å². The molecule has 0 atom stereocenters. The van der Waals surface area contributed by atoms with E-state index in [9.17, 15) is 0 Å². The third-order valence-corrected chi connectivity index (χ3v) is 4.33. The average Bonchev–Trinajstić information content (AvgIpc) is 2.49. The molecule has 0 spiro atoms. The lowest BCUT2D eigenvalue weighted by molar-refractivity contribution is 0.126. The van der Waals surface area contributed by atoms with Gasteiger partial charge in [-0.15, -0.1) is 0 Å². The maximum absolute atomic E-state index is 6.19. The van der Waals surface area contributed by atoms with E-state index < -0.39 is 0 Å². The first-order chi connectivity index (χ1) is 9.76. The average molecular weight is 277 g/mol. The summed E-state index contributed by atoms with van der Waals surface area (Å²) in [4.78, 5) is 0. The van der Waals surface area contributed by atoms with Crippen LogP contribution in [0.5, 0.6) is 11.5 Å². The van der Waals surface area contributed by atoms with E-state index in [1.807, 2.05) is 6.07 Å². The van der Waals surface area contributed by atoms with Gasteiger partial charge in [0.15, 0.2) is 11.5 Å². The van der Waals surface area contributed by atoms with Crippen LogP contribution in [0.2, 0.25) is 0 Å². The first kappa shape index (κ1) is 15.2. The Hall–Kier alpha value is -1.22. The summed E-state index contributed by atoms with van der Waals surface area (Å²) in [5.41, 5.74) is 6.84. The second-order valence-electron chi connectivity index (χ2n) is 5.69. The van der Waals surface area contributed by atoms with Crippen LogP contribution in [0.3, 0.4) is 0 Å². The Kier molecular flexibility index (Phi) is 5.72. The van der Waals surface area contributed by atoms with E-state index in [0.29, 0.717) is 12.6 Å². The van der Waals surface area contributed by atoms with Crippen LogP contribution < -0.4 is 15.2 Å². The van der Waals surface area contributed by atoms with Gasteiger partial charge in [-0.05, 0) is 62.3 Å². The van der Waals surface area contributed by atoms with Crippen molar-refractivity contribution in [3.63, 3.8) is 0 Å². The van der Waals surface area contributed by atoms with Crippen molar-refractivity contribution in [2.75, 3.05) is 13.7 Å². The predicted molar refractivity (Wildman–Crippen MR) is 82.4 cm³/mol. The summed E-state index contributed by atoms with van der Waals surface area (Å²) in [5.74, 6) is 2.59. The van der Waals surface area contributed by atoms with Crippen LogP contribution in [-0.4, -0.2) is 19.8 Å². The quantitative estimate of drug-likeness (QED) is 0.865. The number of hydrogen-bond donors (Lipinski definition) is 1. The highest BCUT2D eigenvalue weighted by molar-refractivity contribution is 5.43. The summed E-state index contributed by atoms with van der Waals surface area (Å²) >= 11 is 0. The molecule has 1 aliphatic carbocycles. The minimum Gasteiger partial charge on any atom is -0.493 e. The molecule has 0 bridgehead atoms. The van der Waals surface area contributed by atoms with Crippen molar-refractivity contribution >= 4 is 0 Å². The fraction of sp³-hybridized carbons (Fsp3) is 0.647. The normalized spacial score (nSPS) is 22.6. The van der Waals surface area contributed by atoms with Crippen LogP contribution in [0, 0.1) is 5.92 Å². The van der Waals surface area contributed by atoms with Crippen molar-refractivity contribution in [1.82, 2.24) is 0 Å². The Bertz CT molecular complexity index is 411. The number of nitrogens with two attached hydrogens (primary N) is 1. The summed E-state index contributed by atoms with van der Waals surface area (Å²) in [6.45, 7) is 2.94. The zero-order valence-corrected chi connectivity index (χ0v) is 12.7. The fourth-order valence-corrected chi connectivity index (χ4v) is 2.97. The Labute approximate surface area is 122 Å². The van der Waals surface area contributed by atoms with Crippen molar-refractivity contribution in [3.8, 4) is 11.5 Å². The molecule has 3 nitrogen and oxygen atoms in total. The third-order valence-electron chi connectivity index (χ3n) is 4.33. The van der Waals surface area contributed by atoms with Gasteiger partial charge in [-0.2, -0.15) is 0 Å². The Morgan fingerprint density at radius 3 is 2.50 bits per heavy atom. The zero-order chi connectivity index (χ0) is 14.4. The highest BCUT2D eigenvalue weighted by Gasteiger charge is 2.22. The van der Waals surface area contributed by atoms with E-state index >= 15 is 0 Å². The molecule has 0 aromatic heterocycles. The fourth-order valence-electron chi connectivity index (χ4n) is 2.97. The van der Waals surface area contributed by atoms with Crippen LogP contribution in [0.25, 0.3) is 0 Å². The van der Waals surface area contributed by atoms with Crippen LogP contribution in [0.1, 0.15) is 44.6 Å². The second kappa shape index (κ2) is 7.53. The van der Waals surface area contributed by atoms with Gasteiger partial charge in [0.2, 0.25) is 0 Å². The van der Waals surface area contributed by atoms with Crippen LogP contribution in [0.15, 0.2) is 18.2 Å². The first-order valence-electron chi connectivity index (χ1n) is 7.80. The maximum atomic E-state index is 6.19. The molecule has 3 heteroatoms. The minimum atomic E-state index is 0.333. The molecule has 1 aromatic carbocycles. The minimum absolute atomic E-state index is 0.333. The Morgan fingerprint density at radius 2 is 1.90 bits per heavy atom. The molecule has 112 valence electrons. The molecule has 2 N–H and O–H groups in total. The summed E-state index contributed by atoms with van der Waals surface area (Å²) in [7, 11) is 1.69. The molecule has 1 aromatic rings. The van der Waals surface area contributed by atoms with Gasteiger partial charge in [-0.25, -0.2) is 0 Å². The highest BCUT2D eigenvalue weighted by atomic mass is 16.5. The SMILES string of the molecule is CCC1CCC(Oc2cc(CCN)ccc2OC)CC1. The van der Waals surface area contributed by atoms with Gasteiger partial charge < -0.3 is 15.2 Å². The van der Waals surface area contributed by atoms with Gasteiger partial charge >= 0.3 is 0 Å². The topological polar surface area (TPSA) is 44.5 Å². The predicted octanol–water partition coefficient (Wildman–Crippen LogP) is 3.54. The lowest BCUT2D eigenvalue weighted by Gasteiger charge is -2.29. The number of benzene rings is 1. The van der Waals surface area contributed by atoms with Crippen molar-refractivity contribution < 1.29 is 9.47 Å². The monoisotopic (exact) mass is 277 g/mol. The second-order valence-corrected chi connectivity index (χ2v) is 5.69. The largest absolute Gasteiger partial charge is 0.493 e. The van der Waals surface area contributed by atoms with Gasteiger partial charge in [0.05, 0.1) is 13.2 Å². The van der Waals surface area contributed by atoms with Crippen LogP contribution in [-0.2, 0) is 6.42 Å². The standard InChI is InChI=1S/C17H27NO2/c1-3-13-4-7-15(8-5-13)20-17-12-14(10-11-18)6-9-16(17)19-2/h6,9,12-13,15H,3-5,7-8,10-11,18H2,1-2H3. The van der Waals surface area contributed by atoms with Crippen LogP contribution in [0.4, 0.5) is 0 Å². The molecule has 20 heavy (non-hydrogen) atoms. The summed E-state index contributed by atoms with van der Waals surface area (Å²) in [6.07, 6.45) is 7.38. The molecule has 1 saturated carbocycles. The highest BCUT2D eigenvalue weighted by Crippen LogP contribution is 2.34. The van der Waals surface area contributed by atoms with Crippen molar-refractivity contribution in [2.45, 2.75) is 51.6 Å². The molecule has 2 rings (SSSR count). The van der Waals surface area contributed by atoms with Gasteiger partial charge in [-0.3, -0.25) is 0 Å². The molecular weight excluding hydrogens is 250 g/mol. The van der Waals surface area contributed by atoms with Crippen molar-refractivity contribution in [1.29, 1.82) is 0 Å². The number of ether oxygens (including phenoxy) is 2. The van der Waals surface area contributed by atoms with E-state index in [2.05, 4.69) is 19.1 Å². The van der Waals surface area contributed by atoms with Crippen LogP contribution >= 0.6 is 0 Å². The van der Waals surface area contributed by atoms with Gasteiger partial charge in [-0.1, -0.05) is 19.4 Å². The molecule has 1 fully saturated rings. The lowest BCUT2D eigenvalue weighted by atomic mass is 9.86. The van der Waals surface area contributed by atoms with E-state index in [1.54, 1.807) is 7.11 Å². The molecular formula is C17H27NO2. The third kappa shape index (κ3) is 3.89. The van der Waals surface area contributed by atoms with E-state index in [0.717, 1.165) is 36.7 Å². The molecule has 0 amide bonds. The molecule has 0 heterocycles. The molecule has 0 unspecified atom stereocenters. The number of hydrogen-bond acceptors (Lipinski definition) is 3. The van der Waals surface area contributed by atoms with Gasteiger partial charge in [0.25, 0.3) is 0 Å². The first-order valence-corrected chi connectivity index (χ1v) is 7.80. The molecule has 0 aliphatic heterocycles. The molecule has 0 radical (unpaired) electrons.